The first-order valence-corrected chi connectivity index (χ1v) is 7.05. The predicted octanol–water partition coefficient (Wildman–Crippen LogP) is 3.00. The molecule has 0 spiro atoms. The van der Waals surface area contributed by atoms with Gasteiger partial charge in [-0.2, -0.15) is 0 Å². The molecule has 1 saturated heterocycles. The smallest absolute Gasteiger partial charge is 0.326 e. The van der Waals surface area contributed by atoms with Gasteiger partial charge in [-0.25, -0.2) is 14.0 Å². The average molecular weight is 294 g/mol. The summed E-state index contributed by atoms with van der Waals surface area (Å²) < 4.78 is 13.7. The van der Waals surface area contributed by atoms with E-state index in [4.69, 9.17) is 0 Å². The van der Waals surface area contributed by atoms with Crippen molar-refractivity contribution in [1.29, 1.82) is 0 Å². The van der Waals surface area contributed by atoms with Crippen LogP contribution in [0, 0.1) is 12.7 Å². The number of nitrogens with zero attached hydrogens (tertiary/aromatic N) is 1. The summed E-state index contributed by atoms with van der Waals surface area (Å²) in [5, 5.41) is 11.7. The Bertz CT molecular complexity index is 548. The van der Waals surface area contributed by atoms with E-state index in [9.17, 15) is 19.1 Å². The molecular formula is C15H19FN2O3. The number of carbonyl (C=O) groups excluding carboxylic acids is 1. The van der Waals surface area contributed by atoms with Crippen molar-refractivity contribution in [2.45, 2.75) is 38.6 Å². The number of nitrogens with one attached hydrogen (secondary N) is 1. The molecule has 21 heavy (non-hydrogen) atoms. The van der Waals surface area contributed by atoms with E-state index in [0.29, 0.717) is 13.0 Å². The quantitative estimate of drug-likeness (QED) is 0.881. The van der Waals surface area contributed by atoms with E-state index in [0.717, 1.165) is 24.8 Å². The average Bonchev–Trinajstić information content (AvgIpc) is 2.68. The zero-order valence-corrected chi connectivity index (χ0v) is 11.9. The normalized spacial score (nSPS) is 19.0. The summed E-state index contributed by atoms with van der Waals surface area (Å²) in [6.45, 7) is 2.16. The van der Waals surface area contributed by atoms with Crippen LogP contribution in [0.2, 0.25) is 0 Å². The maximum absolute atomic E-state index is 13.7. The van der Waals surface area contributed by atoms with Crippen molar-refractivity contribution >= 4 is 17.7 Å². The molecule has 1 aromatic carbocycles. The molecule has 0 saturated carbocycles. The Kier molecular flexibility index (Phi) is 4.77. The fraction of sp³-hybridized carbons (Fsp3) is 0.467. The van der Waals surface area contributed by atoms with E-state index >= 15 is 0 Å². The Morgan fingerprint density at radius 3 is 2.81 bits per heavy atom. The van der Waals surface area contributed by atoms with Crippen LogP contribution in [0.4, 0.5) is 14.9 Å². The van der Waals surface area contributed by atoms with Gasteiger partial charge in [-0.3, -0.25) is 0 Å². The van der Waals surface area contributed by atoms with Crippen molar-refractivity contribution in [3.05, 3.63) is 29.6 Å². The number of carboxylic acid groups (broad SMARTS) is 1. The highest BCUT2D eigenvalue weighted by molar-refractivity contribution is 5.92. The monoisotopic (exact) mass is 294 g/mol. The largest absolute Gasteiger partial charge is 0.480 e. The third-order valence-corrected chi connectivity index (χ3v) is 3.66. The number of halogens is 1. The molecule has 1 heterocycles. The topological polar surface area (TPSA) is 69.6 Å². The molecule has 1 aromatic rings. The van der Waals surface area contributed by atoms with Crippen molar-refractivity contribution in [2.24, 2.45) is 0 Å². The van der Waals surface area contributed by atoms with E-state index in [1.807, 2.05) is 0 Å². The number of hydrogen-bond donors (Lipinski definition) is 2. The molecular weight excluding hydrogens is 275 g/mol. The van der Waals surface area contributed by atoms with Gasteiger partial charge >= 0.3 is 12.0 Å². The molecule has 6 heteroatoms. The third-order valence-electron chi connectivity index (χ3n) is 3.66. The highest BCUT2D eigenvalue weighted by Crippen LogP contribution is 2.20. The molecule has 1 atom stereocenters. The predicted molar refractivity (Wildman–Crippen MR) is 76.8 cm³/mol. The number of urea groups is 1. The lowest BCUT2D eigenvalue weighted by molar-refractivity contribution is -0.142. The van der Waals surface area contributed by atoms with Gasteiger partial charge < -0.3 is 15.3 Å². The van der Waals surface area contributed by atoms with Gasteiger partial charge in [0.2, 0.25) is 0 Å². The van der Waals surface area contributed by atoms with Crippen molar-refractivity contribution in [2.75, 3.05) is 11.9 Å². The second-order valence-electron chi connectivity index (χ2n) is 5.31. The zero-order valence-electron chi connectivity index (χ0n) is 11.9. The minimum atomic E-state index is -1.02. The molecule has 1 fully saturated rings. The Morgan fingerprint density at radius 1 is 1.33 bits per heavy atom. The van der Waals surface area contributed by atoms with Crippen molar-refractivity contribution in [1.82, 2.24) is 4.90 Å². The van der Waals surface area contributed by atoms with E-state index in [2.05, 4.69) is 5.32 Å². The number of anilines is 1. The zero-order chi connectivity index (χ0) is 15.4. The first kappa shape index (κ1) is 15.3. The highest BCUT2D eigenvalue weighted by Gasteiger charge is 2.31. The second-order valence-corrected chi connectivity index (χ2v) is 5.31. The third kappa shape index (κ3) is 3.71. The molecule has 114 valence electrons. The summed E-state index contributed by atoms with van der Waals surface area (Å²) >= 11 is 0. The Hall–Kier alpha value is -2.11. The van der Waals surface area contributed by atoms with E-state index in [-0.39, 0.29) is 5.69 Å². The molecule has 2 N–H and O–H groups in total. The molecule has 0 bridgehead atoms. The molecule has 0 aromatic heterocycles. The van der Waals surface area contributed by atoms with Crippen LogP contribution in [0.5, 0.6) is 0 Å². The summed E-state index contributed by atoms with van der Waals surface area (Å²) in [6, 6.07) is 3.01. The minimum Gasteiger partial charge on any atom is -0.480 e. The molecule has 0 aliphatic carbocycles. The lowest BCUT2D eigenvalue weighted by atomic mass is 10.1. The SMILES string of the molecule is Cc1ccc(F)c(NC(=O)N2CCCCCC2C(=O)O)c1. The minimum absolute atomic E-state index is 0.0772. The van der Waals surface area contributed by atoms with Gasteiger partial charge in [-0.1, -0.05) is 18.9 Å². The first-order chi connectivity index (χ1) is 9.99. The highest BCUT2D eigenvalue weighted by atomic mass is 19.1. The van der Waals surface area contributed by atoms with Gasteiger partial charge in [0.25, 0.3) is 0 Å². The molecule has 5 nitrogen and oxygen atoms in total. The van der Waals surface area contributed by atoms with Crippen LogP contribution < -0.4 is 5.32 Å². The van der Waals surface area contributed by atoms with Gasteiger partial charge in [-0.05, 0) is 37.5 Å². The van der Waals surface area contributed by atoms with Gasteiger partial charge in [0, 0.05) is 6.54 Å². The summed E-state index contributed by atoms with van der Waals surface area (Å²) in [6.07, 6.45) is 2.86. The standard InChI is InChI=1S/C15H19FN2O3/c1-10-6-7-11(16)12(9-10)17-15(21)18-8-4-2-3-5-13(18)14(19)20/h6-7,9,13H,2-5,8H2,1H3,(H,17,21)(H,19,20). The molecule has 0 radical (unpaired) electrons. The summed E-state index contributed by atoms with van der Waals surface area (Å²) in [4.78, 5) is 24.9. The first-order valence-electron chi connectivity index (χ1n) is 7.05. The van der Waals surface area contributed by atoms with Gasteiger partial charge in [0.1, 0.15) is 11.9 Å². The Balaban J connectivity index is 2.16. The number of benzene rings is 1. The van der Waals surface area contributed by atoms with Gasteiger partial charge in [0.15, 0.2) is 0 Å². The van der Waals surface area contributed by atoms with Crippen LogP contribution in [-0.2, 0) is 4.79 Å². The van der Waals surface area contributed by atoms with Crippen LogP contribution in [0.1, 0.15) is 31.2 Å². The van der Waals surface area contributed by atoms with E-state index in [1.54, 1.807) is 13.0 Å². The lowest BCUT2D eigenvalue weighted by Crippen LogP contribution is -2.46. The Labute approximate surface area is 122 Å². The fourth-order valence-corrected chi connectivity index (χ4v) is 2.53. The molecule has 2 rings (SSSR count). The maximum Gasteiger partial charge on any atom is 0.326 e. The fourth-order valence-electron chi connectivity index (χ4n) is 2.53. The number of aryl methyl sites for hydroxylation is 1. The van der Waals surface area contributed by atoms with E-state index in [1.165, 1.54) is 17.0 Å². The summed E-state index contributed by atoms with van der Waals surface area (Å²) in [7, 11) is 0. The number of rotatable bonds is 2. The van der Waals surface area contributed by atoms with Crippen molar-refractivity contribution < 1.29 is 19.1 Å². The summed E-state index contributed by atoms with van der Waals surface area (Å²) in [5.41, 5.74) is 0.894. The second kappa shape index (κ2) is 6.56. The van der Waals surface area contributed by atoms with Crippen LogP contribution in [-0.4, -0.2) is 34.6 Å². The lowest BCUT2D eigenvalue weighted by Gasteiger charge is -2.27. The number of carboxylic acids is 1. The number of amides is 2. The van der Waals surface area contributed by atoms with Crippen LogP contribution in [0.25, 0.3) is 0 Å². The Morgan fingerprint density at radius 2 is 2.10 bits per heavy atom. The number of hydrogen-bond acceptors (Lipinski definition) is 2. The van der Waals surface area contributed by atoms with Gasteiger partial charge in [-0.15, -0.1) is 0 Å². The van der Waals surface area contributed by atoms with Gasteiger partial charge in [0.05, 0.1) is 5.69 Å². The van der Waals surface area contributed by atoms with Crippen LogP contribution in [0.3, 0.4) is 0 Å². The summed E-state index contributed by atoms with van der Waals surface area (Å²) in [5.74, 6) is -1.55. The molecule has 1 unspecified atom stereocenters. The van der Waals surface area contributed by atoms with E-state index < -0.39 is 23.9 Å². The molecule has 1 aliphatic rings. The van der Waals surface area contributed by atoms with Crippen LogP contribution in [0.15, 0.2) is 18.2 Å². The number of carbonyl (C=O) groups is 2. The van der Waals surface area contributed by atoms with Crippen molar-refractivity contribution in [3.63, 3.8) is 0 Å². The number of likely N-dealkylation sites (tertiary alicyclic amines) is 1. The molecule has 1 aliphatic heterocycles. The number of aliphatic carboxylic acids is 1. The van der Waals surface area contributed by atoms with Crippen molar-refractivity contribution in [3.8, 4) is 0 Å². The van der Waals surface area contributed by atoms with Crippen LogP contribution >= 0.6 is 0 Å². The maximum atomic E-state index is 13.7. The molecule has 2 amide bonds.